The standard InChI is InChI=1S/C11H23NO3/c1-11(7-14,8-15)6-12-10-4-2-3-9(10)5-13/h9-10,12-15H,2-8H2,1H3. The molecule has 0 amide bonds. The summed E-state index contributed by atoms with van der Waals surface area (Å²) in [5, 5.41) is 30.8. The van der Waals surface area contributed by atoms with E-state index in [0.717, 1.165) is 19.3 Å². The Labute approximate surface area is 91.3 Å². The van der Waals surface area contributed by atoms with Gasteiger partial charge in [-0.2, -0.15) is 0 Å². The van der Waals surface area contributed by atoms with Gasteiger partial charge in [0.05, 0.1) is 13.2 Å². The van der Waals surface area contributed by atoms with Gasteiger partial charge >= 0.3 is 0 Å². The lowest BCUT2D eigenvalue weighted by Crippen LogP contribution is -2.44. The van der Waals surface area contributed by atoms with Crippen molar-refractivity contribution in [2.45, 2.75) is 32.2 Å². The molecule has 2 unspecified atom stereocenters. The highest BCUT2D eigenvalue weighted by molar-refractivity contribution is 4.85. The van der Waals surface area contributed by atoms with E-state index < -0.39 is 5.41 Å². The minimum atomic E-state index is -0.456. The van der Waals surface area contributed by atoms with Gasteiger partial charge in [0.1, 0.15) is 0 Å². The molecule has 0 aromatic heterocycles. The molecule has 0 bridgehead atoms. The van der Waals surface area contributed by atoms with Crippen LogP contribution in [0.2, 0.25) is 0 Å². The van der Waals surface area contributed by atoms with Crippen LogP contribution in [0.1, 0.15) is 26.2 Å². The minimum absolute atomic E-state index is 0.0208. The largest absolute Gasteiger partial charge is 0.396 e. The zero-order valence-electron chi connectivity index (χ0n) is 9.45. The van der Waals surface area contributed by atoms with Gasteiger partial charge in [-0.25, -0.2) is 0 Å². The molecule has 1 saturated carbocycles. The molecule has 4 N–H and O–H groups in total. The van der Waals surface area contributed by atoms with Crippen molar-refractivity contribution in [2.75, 3.05) is 26.4 Å². The van der Waals surface area contributed by atoms with Crippen LogP contribution in [0.15, 0.2) is 0 Å². The van der Waals surface area contributed by atoms with E-state index in [9.17, 15) is 0 Å². The summed E-state index contributed by atoms with van der Waals surface area (Å²) in [5.74, 6) is 0.339. The molecule has 4 heteroatoms. The first kappa shape index (κ1) is 12.9. The van der Waals surface area contributed by atoms with E-state index in [-0.39, 0.29) is 19.8 Å². The van der Waals surface area contributed by atoms with Crippen LogP contribution in [0.5, 0.6) is 0 Å². The van der Waals surface area contributed by atoms with Gasteiger partial charge in [0.25, 0.3) is 0 Å². The Balaban J connectivity index is 2.35. The van der Waals surface area contributed by atoms with Crippen LogP contribution >= 0.6 is 0 Å². The van der Waals surface area contributed by atoms with E-state index >= 15 is 0 Å². The summed E-state index contributed by atoms with van der Waals surface area (Å²) in [6.45, 7) is 2.64. The maximum Gasteiger partial charge on any atom is 0.0518 e. The Kier molecular flexibility index (Phi) is 4.99. The monoisotopic (exact) mass is 217 g/mol. The number of nitrogens with one attached hydrogen (secondary N) is 1. The van der Waals surface area contributed by atoms with Crippen LogP contribution in [0.25, 0.3) is 0 Å². The van der Waals surface area contributed by atoms with Gasteiger partial charge in [-0.15, -0.1) is 0 Å². The number of rotatable bonds is 6. The average molecular weight is 217 g/mol. The Hall–Kier alpha value is -0.160. The number of hydrogen-bond donors (Lipinski definition) is 4. The van der Waals surface area contributed by atoms with Crippen molar-refractivity contribution in [3.8, 4) is 0 Å². The highest BCUT2D eigenvalue weighted by atomic mass is 16.3. The first-order chi connectivity index (χ1) is 7.15. The second-order valence-corrected chi connectivity index (χ2v) is 4.99. The normalized spacial score (nSPS) is 27.2. The highest BCUT2D eigenvalue weighted by Crippen LogP contribution is 2.26. The van der Waals surface area contributed by atoms with E-state index in [1.54, 1.807) is 0 Å². The van der Waals surface area contributed by atoms with Gasteiger partial charge in [-0.05, 0) is 18.8 Å². The van der Waals surface area contributed by atoms with Crippen LogP contribution in [-0.4, -0.2) is 47.7 Å². The molecule has 15 heavy (non-hydrogen) atoms. The fourth-order valence-electron chi connectivity index (χ4n) is 2.06. The van der Waals surface area contributed by atoms with E-state index in [1.807, 2.05) is 6.92 Å². The van der Waals surface area contributed by atoms with E-state index in [0.29, 0.717) is 18.5 Å². The zero-order chi connectivity index (χ0) is 11.3. The second kappa shape index (κ2) is 5.80. The molecular weight excluding hydrogens is 194 g/mol. The molecule has 0 aromatic carbocycles. The van der Waals surface area contributed by atoms with Crippen molar-refractivity contribution < 1.29 is 15.3 Å². The number of aliphatic hydroxyl groups excluding tert-OH is 3. The lowest BCUT2D eigenvalue weighted by atomic mass is 9.92. The van der Waals surface area contributed by atoms with Crippen LogP contribution in [0, 0.1) is 11.3 Å². The topological polar surface area (TPSA) is 72.7 Å². The van der Waals surface area contributed by atoms with Crippen LogP contribution in [0.3, 0.4) is 0 Å². The van der Waals surface area contributed by atoms with Gasteiger partial charge in [0.15, 0.2) is 0 Å². The molecule has 1 aliphatic rings. The van der Waals surface area contributed by atoms with Crippen molar-refractivity contribution >= 4 is 0 Å². The van der Waals surface area contributed by atoms with Crippen molar-refractivity contribution in [1.29, 1.82) is 0 Å². The third-order valence-electron chi connectivity index (χ3n) is 3.45. The molecular formula is C11H23NO3. The lowest BCUT2D eigenvalue weighted by molar-refractivity contribution is 0.0645. The molecule has 1 rings (SSSR count). The van der Waals surface area contributed by atoms with E-state index in [2.05, 4.69) is 5.32 Å². The minimum Gasteiger partial charge on any atom is -0.396 e. The lowest BCUT2D eigenvalue weighted by Gasteiger charge is -2.28. The highest BCUT2D eigenvalue weighted by Gasteiger charge is 2.29. The van der Waals surface area contributed by atoms with Crippen LogP contribution in [-0.2, 0) is 0 Å². The molecule has 0 radical (unpaired) electrons. The predicted octanol–water partition coefficient (Wildman–Crippen LogP) is -0.272. The molecule has 0 aromatic rings. The van der Waals surface area contributed by atoms with Crippen LogP contribution < -0.4 is 5.32 Å². The summed E-state index contributed by atoms with van der Waals surface area (Å²) in [5.41, 5.74) is -0.456. The number of hydrogen-bond acceptors (Lipinski definition) is 4. The average Bonchev–Trinajstić information content (AvgIpc) is 2.73. The van der Waals surface area contributed by atoms with Crippen molar-refractivity contribution in [2.24, 2.45) is 11.3 Å². The summed E-state index contributed by atoms with van der Waals surface area (Å²) in [6.07, 6.45) is 3.30. The molecule has 1 fully saturated rings. The molecule has 90 valence electrons. The molecule has 2 atom stereocenters. The van der Waals surface area contributed by atoms with Gasteiger partial charge in [0, 0.05) is 24.6 Å². The van der Waals surface area contributed by atoms with Gasteiger partial charge in [0.2, 0.25) is 0 Å². The molecule has 0 heterocycles. The van der Waals surface area contributed by atoms with E-state index in [4.69, 9.17) is 15.3 Å². The first-order valence-corrected chi connectivity index (χ1v) is 5.71. The quantitative estimate of drug-likeness (QED) is 0.494. The second-order valence-electron chi connectivity index (χ2n) is 4.99. The fraction of sp³-hybridized carbons (Fsp3) is 1.00. The van der Waals surface area contributed by atoms with Gasteiger partial charge < -0.3 is 20.6 Å². The van der Waals surface area contributed by atoms with Crippen molar-refractivity contribution in [3.05, 3.63) is 0 Å². The van der Waals surface area contributed by atoms with E-state index in [1.165, 1.54) is 0 Å². The third kappa shape index (κ3) is 3.41. The Morgan fingerprint density at radius 1 is 1.20 bits per heavy atom. The summed E-state index contributed by atoms with van der Waals surface area (Å²) < 4.78 is 0. The summed E-state index contributed by atoms with van der Waals surface area (Å²) in [7, 11) is 0. The maximum atomic E-state index is 9.14. The SMILES string of the molecule is CC(CO)(CO)CNC1CCCC1CO. The number of aliphatic hydroxyl groups is 3. The Morgan fingerprint density at radius 3 is 2.40 bits per heavy atom. The summed E-state index contributed by atoms with van der Waals surface area (Å²) in [4.78, 5) is 0. The first-order valence-electron chi connectivity index (χ1n) is 5.71. The van der Waals surface area contributed by atoms with Crippen molar-refractivity contribution in [3.63, 3.8) is 0 Å². The Bertz CT molecular complexity index is 183. The van der Waals surface area contributed by atoms with Crippen molar-refractivity contribution in [1.82, 2.24) is 5.32 Å². The van der Waals surface area contributed by atoms with Gasteiger partial charge in [-0.3, -0.25) is 0 Å². The fourth-order valence-corrected chi connectivity index (χ4v) is 2.06. The van der Waals surface area contributed by atoms with Crippen LogP contribution in [0.4, 0.5) is 0 Å². The smallest absolute Gasteiger partial charge is 0.0518 e. The molecule has 0 spiro atoms. The maximum absolute atomic E-state index is 9.14. The summed E-state index contributed by atoms with van der Waals surface area (Å²) >= 11 is 0. The molecule has 0 saturated heterocycles. The molecule has 1 aliphatic carbocycles. The molecule has 0 aliphatic heterocycles. The zero-order valence-corrected chi connectivity index (χ0v) is 9.45. The van der Waals surface area contributed by atoms with Gasteiger partial charge in [-0.1, -0.05) is 13.3 Å². The molecule has 4 nitrogen and oxygen atoms in total. The predicted molar refractivity (Wildman–Crippen MR) is 58.5 cm³/mol. The third-order valence-corrected chi connectivity index (χ3v) is 3.45. The Morgan fingerprint density at radius 2 is 1.87 bits per heavy atom. The summed E-state index contributed by atoms with van der Waals surface area (Å²) in [6, 6.07) is 0.340.